The minimum absolute atomic E-state index is 0.714. The number of rotatable bonds is 7. The van der Waals surface area contributed by atoms with Gasteiger partial charge in [-0.2, -0.15) is 0 Å². The van der Waals surface area contributed by atoms with Gasteiger partial charge in [-0.25, -0.2) is 0 Å². The molecule has 0 unspecified atom stereocenters. The molecule has 0 radical (unpaired) electrons. The largest absolute Gasteiger partial charge is 0.335 e. The molecule has 0 aromatic heterocycles. The molecular formula is C40H30N2. The van der Waals surface area contributed by atoms with E-state index in [1.165, 1.54) is 49.4 Å². The van der Waals surface area contributed by atoms with Crippen molar-refractivity contribution >= 4 is 45.3 Å². The lowest BCUT2D eigenvalue weighted by Crippen LogP contribution is -2.16. The molecular weight excluding hydrogens is 508 g/mol. The summed E-state index contributed by atoms with van der Waals surface area (Å²) in [6.07, 6.45) is 0. The summed E-state index contributed by atoms with van der Waals surface area (Å²) in [5, 5.41) is 5.00. The van der Waals surface area contributed by atoms with Crippen LogP contribution in [0.2, 0.25) is 0 Å². The third kappa shape index (κ3) is 4.63. The standard InChI is InChI=1S/C40H30N2/c1-41-37-25-12-13-26-38(37)42(28-29-15-4-2-5-16-29)32-20-14-19-31(27-32)40-35-23-10-8-21-33(35)39(30-17-6-3-7-18-30)34-22-9-11-24-36(34)40/h2-27H,1,28H2. The number of benzene rings is 7. The van der Waals surface area contributed by atoms with E-state index in [-0.39, 0.29) is 0 Å². The molecule has 0 heterocycles. The van der Waals surface area contributed by atoms with Crippen molar-refractivity contribution in [3.8, 4) is 22.3 Å². The molecule has 0 spiro atoms. The fourth-order valence-electron chi connectivity index (χ4n) is 6.09. The number of anilines is 2. The van der Waals surface area contributed by atoms with E-state index in [0.29, 0.717) is 6.54 Å². The molecule has 7 aromatic carbocycles. The van der Waals surface area contributed by atoms with Gasteiger partial charge in [-0.05, 0) is 80.3 Å². The molecule has 0 bridgehead atoms. The molecule has 0 amide bonds. The Morgan fingerprint density at radius 3 is 1.60 bits per heavy atom. The highest BCUT2D eigenvalue weighted by atomic mass is 15.1. The van der Waals surface area contributed by atoms with Crippen molar-refractivity contribution in [1.82, 2.24) is 0 Å². The molecule has 0 aliphatic rings. The fraction of sp³-hybridized carbons (Fsp3) is 0.0250. The third-order valence-corrected chi connectivity index (χ3v) is 7.97. The second-order valence-electron chi connectivity index (χ2n) is 10.5. The number of hydrogen-bond donors (Lipinski definition) is 0. The van der Waals surface area contributed by atoms with Gasteiger partial charge in [0, 0.05) is 12.2 Å². The fourth-order valence-corrected chi connectivity index (χ4v) is 6.09. The zero-order chi connectivity index (χ0) is 28.3. The Bertz CT molecular complexity index is 1970. The van der Waals surface area contributed by atoms with Gasteiger partial charge in [-0.15, -0.1) is 0 Å². The summed E-state index contributed by atoms with van der Waals surface area (Å²) in [6.45, 7) is 4.58. The Balaban J connectivity index is 1.47. The molecule has 0 saturated heterocycles. The van der Waals surface area contributed by atoms with Crippen LogP contribution in [0.4, 0.5) is 17.1 Å². The summed E-state index contributed by atoms with van der Waals surface area (Å²) in [5.41, 5.74) is 9.16. The van der Waals surface area contributed by atoms with Gasteiger partial charge in [0.25, 0.3) is 0 Å². The second-order valence-corrected chi connectivity index (χ2v) is 10.5. The van der Waals surface area contributed by atoms with Crippen molar-refractivity contribution < 1.29 is 0 Å². The van der Waals surface area contributed by atoms with Crippen molar-refractivity contribution in [1.29, 1.82) is 0 Å². The predicted octanol–water partition coefficient (Wildman–Crippen LogP) is 11.0. The lowest BCUT2D eigenvalue weighted by molar-refractivity contribution is 0.975. The Hall–Kier alpha value is -5.47. The number of nitrogens with zero attached hydrogens (tertiary/aromatic N) is 2. The van der Waals surface area contributed by atoms with E-state index in [0.717, 1.165) is 17.1 Å². The summed E-state index contributed by atoms with van der Waals surface area (Å²) >= 11 is 0. The summed E-state index contributed by atoms with van der Waals surface area (Å²) < 4.78 is 0. The lowest BCUT2D eigenvalue weighted by Gasteiger charge is -2.27. The van der Waals surface area contributed by atoms with E-state index < -0.39 is 0 Å². The maximum absolute atomic E-state index is 4.37. The van der Waals surface area contributed by atoms with Crippen LogP contribution in [-0.2, 0) is 6.54 Å². The number of aliphatic imine (C=N–C) groups is 1. The minimum Gasteiger partial charge on any atom is -0.335 e. The molecule has 2 nitrogen and oxygen atoms in total. The third-order valence-electron chi connectivity index (χ3n) is 7.97. The highest BCUT2D eigenvalue weighted by molar-refractivity contribution is 6.21. The summed E-state index contributed by atoms with van der Waals surface area (Å²) in [5.74, 6) is 0. The highest BCUT2D eigenvalue weighted by Gasteiger charge is 2.19. The van der Waals surface area contributed by atoms with Crippen LogP contribution in [-0.4, -0.2) is 6.72 Å². The van der Waals surface area contributed by atoms with Gasteiger partial charge in [0.05, 0.1) is 11.4 Å². The van der Waals surface area contributed by atoms with E-state index in [2.05, 4.69) is 162 Å². The molecule has 0 aliphatic heterocycles. The van der Waals surface area contributed by atoms with Crippen LogP contribution in [0.15, 0.2) is 163 Å². The smallest absolute Gasteiger partial charge is 0.0859 e. The summed E-state index contributed by atoms with van der Waals surface area (Å²) in [6, 6.07) is 56.1. The van der Waals surface area contributed by atoms with Crippen molar-refractivity contribution in [2.45, 2.75) is 6.54 Å². The Morgan fingerprint density at radius 1 is 0.476 bits per heavy atom. The minimum atomic E-state index is 0.714. The van der Waals surface area contributed by atoms with Crippen LogP contribution >= 0.6 is 0 Å². The molecule has 7 rings (SSSR count). The average molecular weight is 539 g/mol. The zero-order valence-corrected chi connectivity index (χ0v) is 23.3. The predicted molar refractivity (Wildman–Crippen MR) is 180 cm³/mol. The lowest BCUT2D eigenvalue weighted by atomic mass is 9.86. The van der Waals surface area contributed by atoms with Crippen LogP contribution in [0.3, 0.4) is 0 Å². The Kier molecular flexibility index (Phi) is 6.79. The zero-order valence-electron chi connectivity index (χ0n) is 23.3. The maximum atomic E-state index is 4.37. The van der Waals surface area contributed by atoms with E-state index in [1.807, 2.05) is 12.1 Å². The maximum Gasteiger partial charge on any atom is 0.0859 e. The van der Waals surface area contributed by atoms with Crippen LogP contribution in [0, 0.1) is 0 Å². The first-order valence-corrected chi connectivity index (χ1v) is 14.3. The van der Waals surface area contributed by atoms with Gasteiger partial charge in [0.2, 0.25) is 0 Å². The van der Waals surface area contributed by atoms with Crippen molar-refractivity contribution in [2.75, 3.05) is 4.90 Å². The van der Waals surface area contributed by atoms with Gasteiger partial charge in [0.15, 0.2) is 0 Å². The van der Waals surface area contributed by atoms with Crippen LogP contribution in [0.5, 0.6) is 0 Å². The van der Waals surface area contributed by atoms with E-state index in [1.54, 1.807) is 0 Å². The second kappa shape index (κ2) is 11.2. The first-order chi connectivity index (χ1) is 20.8. The summed E-state index contributed by atoms with van der Waals surface area (Å²) in [7, 11) is 0. The Labute approximate surface area is 246 Å². The molecule has 0 fully saturated rings. The topological polar surface area (TPSA) is 15.6 Å². The molecule has 200 valence electrons. The normalized spacial score (nSPS) is 11.0. The van der Waals surface area contributed by atoms with E-state index in [9.17, 15) is 0 Å². The molecule has 0 N–H and O–H groups in total. The van der Waals surface area contributed by atoms with Gasteiger partial charge in [-0.3, -0.25) is 4.99 Å². The van der Waals surface area contributed by atoms with Crippen LogP contribution in [0.1, 0.15) is 5.56 Å². The summed E-state index contributed by atoms with van der Waals surface area (Å²) in [4.78, 5) is 6.71. The first kappa shape index (κ1) is 25.5. The van der Waals surface area contributed by atoms with Crippen LogP contribution in [0.25, 0.3) is 43.8 Å². The first-order valence-electron chi connectivity index (χ1n) is 14.3. The van der Waals surface area contributed by atoms with Crippen molar-refractivity contribution in [3.63, 3.8) is 0 Å². The number of para-hydroxylation sites is 2. The van der Waals surface area contributed by atoms with E-state index in [4.69, 9.17) is 0 Å². The quantitative estimate of drug-likeness (QED) is 0.146. The number of hydrogen-bond acceptors (Lipinski definition) is 2. The van der Waals surface area contributed by atoms with Gasteiger partial charge in [-0.1, -0.05) is 133 Å². The van der Waals surface area contributed by atoms with Crippen molar-refractivity contribution in [3.05, 3.63) is 163 Å². The van der Waals surface area contributed by atoms with Gasteiger partial charge in [0.1, 0.15) is 0 Å². The highest BCUT2D eigenvalue weighted by Crippen LogP contribution is 2.45. The molecule has 42 heavy (non-hydrogen) atoms. The SMILES string of the molecule is C=Nc1ccccc1N(Cc1ccccc1)c1cccc(-c2c3ccccc3c(-c3ccccc3)c3ccccc23)c1. The average Bonchev–Trinajstić information content (AvgIpc) is 3.07. The monoisotopic (exact) mass is 538 g/mol. The Morgan fingerprint density at radius 2 is 0.976 bits per heavy atom. The number of fused-ring (bicyclic) bond motifs is 2. The molecule has 0 atom stereocenters. The molecule has 0 saturated carbocycles. The molecule has 2 heteroatoms. The van der Waals surface area contributed by atoms with Gasteiger partial charge < -0.3 is 4.90 Å². The van der Waals surface area contributed by atoms with Crippen molar-refractivity contribution in [2.24, 2.45) is 4.99 Å². The molecule has 7 aromatic rings. The van der Waals surface area contributed by atoms with Gasteiger partial charge >= 0.3 is 0 Å². The van der Waals surface area contributed by atoms with E-state index >= 15 is 0 Å². The van der Waals surface area contributed by atoms with Crippen LogP contribution < -0.4 is 4.90 Å². The molecule has 0 aliphatic carbocycles.